The zero-order valence-electron chi connectivity index (χ0n) is 9.52. The van der Waals surface area contributed by atoms with Crippen molar-refractivity contribution in [3.63, 3.8) is 0 Å². The number of esters is 1. The van der Waals surface area contributed by atoms with E-state index in [2.05, 4.69) is 27.7 Å². The summed E-state index contributed by atoms with van der Waals surface area (Å²) in [5, 5.41) is 2.06. The summed E-state index contributed by atoms with van der Waals surface area (Å²) in [6, 6.07) is 4.13. The fourth-order valence-electron chi connectivity index (χ4n) is 1.39. The molecule has 0 aromatic carbocycles. The maximum Gasteiger partial charge on any atom is 0.306 e. The fraction of sp³-hybridized carbons (Fsp3) is 0.417. The van der Waals surface area contributed by atoms with Crippen molar-refractivity contribution >= 4 is 17.3 Å². The summed E-state index contributed by atoms with van der Waals surface area (Å²) in [7, 11) is 1.42. The summed E-state index contributed by atoms with van der Waals surface area (Å²) in [5.41, 5.74) is 0. The standard InChI is InChI=1S/C12H17NO2S/c1-3-7-13(8-6-12(14)15-2)10-11-5-4-9-16-11/h3-5,9H,1,6-8,10H2,2H3. The van der Waals surface area contributed by atoms with Crippen molar-refractivity contribution in [2.45, 2.75) is 13.0 Å². The molecule has 16 heavy (non-hydrogen) atoms. The maximum atomic E-state index is 11.1. The van der Waals surface area contributed by atoms with Gasteiger partial charge in [0.25, 0.3) is 0 Å². The molecule has 3 nitrogen and oxygen atoms in total. The van der Waals surface area contributed by atoms with Gasteiger partial charge in [-0.15, -0.1) is 17.9 Å². The molecule has 0 fully saturated rings. The Morgan fingerprint density at radius 3 is 3.06 bits per heavy atom. The Bertz CT molecular complexity index is 322. The lowest BCUT2D eigenvalue weighted by Gasteiger charge is -2.18. The first kappa shape index (κ1) is 12.9. The van der Waals surface area contributed by atoms with Crippen molar-refractivity contribution in [2.75, 3.05) is 20.2 Å². The lowest BCUT2D eigenvalue weighted by atomic mass is 10.3. The van der Waals surface area contributed by atoms with E-state index in [0.717, 1.165) is 13.1 Å². The van der Waals surface area contributed by atoms with E-state index in [1.54, 1.807) is 11.3 Å². The molecule has 0 saturated heterocycles. The number of hydrogen-bond acceptors (Lipinski definition) is 4. The molecular weight excluding hydrogens is 222 g/mol. The molecule has 88 valence electrons. The third kappa shape index (κ3) is 4.59. The highest BCUT2D eigenvalue weighted by atomic mass is 32.1. The minimum atomic E-state index is -0.166. The molecule has 1 rings (SSSR count). The van der Waals surface area contributed by atoms with Crippen molar-refractivity contribution in [2.24, 2.45) is 0 Å². The van der Waals surface area contributed by atoms with E-state index in [9.17, 15) is 4.79 Å². The molecule has 0 N–H and O–H groups in total. The average Bonchev–Trinajstić information content (AvgIpc) is 2.78. The Kier molecular flexibility index (Phi) is 5.82. The Morgan fingerprint density at radius 1 is 1.69 bits per heavy atom. The van der Waals surface area contributed by atoms with E-state index < -0.39 is 0 Å². The summed E-state index contributed by atoms with van der Waals surface area (Å²) in [5.74, 6) is -0.166. The summed E-state index contributed by atoms with van der Waals surface area (Å²) in [6.45, 7) is 6.08. The molecule has 0 saturated carbocycles. The van der Waals surface area contributed by atoms with Gasteiger partial charge in [0.1, 0.15) is 0 Å². The van der Waals surface area contributed by atoms with E-state index in [4.69, 9.17) is 0 Å². The highest BCUT2D eigenvalue weighted by Crippen LogP contribution is 2.12. The Morgan fingerprint density at radius 2 is 2.50 bits per heavy atom. The van der Waals surface area contributed by atoms with Gasteiger partial charge in [-0.3, -0.25) is 9.69 Å². The van der Waals surface area contributed by atoms with Crippen LogP contribution in [0.25, 0.3) is 0 Å². The third-order valence-corrected chi connectivity index (χ3v) is 3.07. The van der Waals surface area contributed by atoms with Crippen molar-refractivity contribution in [3.05, 3.63) is 35.0 Å². The van der Waals surface area contributed by atoms with Crippen LogP contribution in [0.15, 0.2) is 30.2 Å². The smallest absolute Gasteiger partial charge is 0.306 e. The van der Waals surface area contributed by atoms with Gasteiger partial charge in [-0.1, -0.05) is 12.1 Å². The second kappa shape index (κ2) is 7.19. The fourth-order valence-corrected chi connectivity index (χ4v) is 2.14. The minimum Gasteiger partial charge on any atom is -0.469 e. The van der Waals surface area contributed by atoms with Gasteiger partial charge in [0.2, 0.25) is 0 Å². The number of thiophene rings is 1. The Balaban J connectivity index is 2.41. The van der Waals surface area contributed by atoms with Gasteiger partial charge in [-0.05, 0) is 11.4 Å². The highest BCUT2D eigenvalue weighted by molar-refractivity contribution is 7.09. The number of carbonyl (C=O) groups is 1. The van der Waals surface area contributed by atoms with Crippen molar-refractivity contribution < 1.29 is 9.53 Å². The van der Waals surface area contributed by atoms with Gasteiger partial charge in [0.05, 0.1) is 13.5 Å². The lowest BCUT2D eigenvalue weighted by molar-refractivity contribution is -0.141. The SMILES string of the molecule is C=CCN(CCC(=O)OC)Cc1cccs1. The van der Waals surface area contributed by atoms with Crippen LogP contribution in [-0.2, 0) is 16.1 Å². The molecule has 0 aliphatic rings. The van der Waals surface area contributed by atoms with E-state index in [1.165, 1.54) is 12.0 Å². The molecular formula is C12H17NO2S. The van der Waals surface area contributed by atoms with Gasteiger partial charge >= 0.3 is 5.97 Å². The van der Waals surface area contributed by atoms with E-state index >= 15 is 0 Å². The summed E-state index contributed by atoms with van der Waals surface area (Å²) >= 11 is 1.72. The zero-order chi connectivity index (χ0) is 11.8. The molecule has 0 aliphatic carbocycles. The van der Waals surface area contributed by atoms with E-state index in [-0.39, 0.29) is 5.97 Å². The molecule has 0 amide bonds. The molecule has 0 radical (unpaired) electrons. The largest absolute Gasteiger partial charge is 0.469 e. The van der Waals surface area contributed by atoms with Crippen LogP contribution in [-0.4, -0.2) is 31.1 Å². The van der Waals surface area contributed by atoms with Crippen LogP contribution in [0.4, 0.5) is 0 Å². The van der Waals surface area contributed by atoms with Crippen LogP contribution in [0.3, 0.4) is 0 Å². The topological polar surface area (TPSA) is 29.5 Å². The molecule has 0 aliphatic heterocycles. The second-order valence-electron chi connectivity index (χ2n) is 3.43. The summed E-state index contributed by atoms with van der Waals surface area (Å²) < 4.78 is 4.63. The predicted molar refractivity (Wildman–Crippen MR) is 66.4 cm³/mol. The van der Waals surface area contributed by atoms with Gasteiger partial charge in [0.15, 0.2) is 0 Å². The molecule has 4 heteroatoms. The first-order chi connectivity index (χ1) is 7.76. The highest BCUT2D eigenvalue weighted by Gasteiger charge is 2.08. The zero-order valence-corrected chi connectivity index (χ0v) is 10.3. The van der Waals surface area contributed by atoms with Crippen LogP contribution >= 0.6 is 11.3 Å². The number of carbonyl (C=O) groups excluding carboxylic acids is 1. The summed E-state index contributed by atoms with van der Waals surface area (Å²) in [6.07, 6.45) is 2.28. The molecule has 0 unspecified atom stereocenters. The first-order valence-corrected chi connectivity index (χ1v) is 6.06. The quantitative estimate of drug-likeness (QED) is 0.540. The van der Waals surface area contributed by atoms with Crippen molar-refractivity contribution in [1.29, 1.82) is 0 Å². The van der Waals surface area contributed by atoms with Gasteiger partial charge in [0, 0.05) is 24.5 Å². The van der Waals surface area contributed by atoms with Gasteiger partial charge in [-0.25, -0.2) is 0 Å². The minimum absolute atomic E-state index is 0.166. The van der Waals surface area contributed by atoms with Crippen molar-refractivity contribution in [3.8, 4) is 0 Å². The second-order valence-corrected chi connectivity index (χ2v) is 4.46. The molecule has 1 aromatic rings. The number of rotatable bonds is 7. The average molecular weight is 239 g/mol. The van der Waals surface area contributed by atoms with E-state index in [1.807, 2.05) is 12.1 Å². The number of ether oxygens (including phenoxy) is 1. The maximum absolute atomic E-state index is 11.1. The number of nitrogens with zero attached hydrogens (tertiary/aromatic N) is 1. The molecule has 1 heterocycles. The van der Waals surface area contributed by atoms with E-state index in [0.29, 0.717) is 13.0 Å². The monoisotopic (exact) mass is 239 g/mol. The Hall–Kier alpha value is -1.13. The third-order valence-electron chi connectivity index (χ3n) is 2.21. The molecule has 1 aromatic heterocycles. The Labute approximate surface area is 100 Å². The summed E-state index contributed by atoms with van der Waals surface area (Å²) in [4.78, 5) is 14.5. The van der Waals surface area contributed by atoms with Crippen LogP contribution < -0.4 is 0 Å². The molecule has 0 atom stereocenters. The molecule has 0 bridgehead atoms. The van der Waals surface area contributed by atoms with Crippen LogP contribution in [0.1, 0.15) is 11.3 Å². The van der Waals surface area contributed by atoms with Crippen molar-refractivity contribution in [1.82, 2.24) is 4.90 Å². The van der Waals surface area contributed by atoms with Crippen LogP contribution in [0.5, 0.6) is 0 Å². The number of methoxy groups -OCH3 is 1. The van der Waals surface area contributed by atoms with Gasteiger partial charge < -0.3 is 4.74 Å². The first-order valence-electron chi connectivity index (χ1n) is 5.18. The predicted octanol–water partition coefficient (Wildman–Crippen LogP) is 2.30. The normalized spacial score (nSPS) is 10.4. The number of hydrogen-bond donors (Lipinski definition) is 0. The van der Waals surface area contributed by atoms with Crippen LogP contribution in [0.2, 0.25) is 0 Å². The lowest BCUT2D eigenvalue weighted by Crippen LogP contribution is -2.26. The molecule has 0 spiro atoms. The van der Waals surface area contributed by atoms with Gasteiger partial charge in [-0.2, -0.15) is 0 Å². The van der Waals surface area contributed by atoms with Crippen LogP contribution in [0, 0.1) is 0 Å².